The van der Waals surface area contributed by atoms with Crippen LogP contribution in [0.2, 0.25) is 0 Å². The van der Waals surface area contributed by atoms with Crippen molar-refractivity contribution in [2.24, 2.45) is 5.92 Å². The van der Waals surface area contributed by atoms with Gasteiger partial charge in [0.1, 0.15) is 5.76 Å². The fraction of sp³-hybridized carbons (Fsp3) is 0.727. The van der Waals surface area contributed by atoms with E-state index >= 15 is 0 Å². The standard InChI is InChI=1S/C11H20N2O/c1-8(2)7-13-10(12)6-9(14-13)11(3,4)5/h6,8,12H,7H2,1-5H3. The molecule has 0 aromatic carbocycles. The summed E-state index contributed by atoms with van der Waals surface area (Å²) in [6.45, 7) is 11.3. The van der Waals surface area contributed by atoms with E-state index in [0.29, 0.717) is 11.4 Å². The summed E-state index contributed by atoms with van der Waals surface area (Å²) in [5.41, 5.74) is 0.446. The predicted molar refractivity (Wildman–Crippen MR) is 56.1 cm³/mol. The lowest BCUT2D eigenvalue weighted by Crippen LogP contribution is -2.16. The highest BCUT2D eigenvalue weighted by atomic mass is 16.5. The van der Waals surface area contributed by atoms with E-state index in [4.69, 9.17) is 9.93 Å². The van der Waals surface area contributed by atoms with E-state index in [9.17, 15) is 0 Å². The molecular weight excluding hydrogens is 176 g/mol. The monoisotopic (exact) mass is 196 g/mol. The molecule has 1 rings (SSSR count). The Bertz CT molecular complexity index is 352. The quantitative estimate of drug-likeness (QED) is 0.776. The molecule has 0 amide bonds. The zero-order chi connectivity index (χ0) is 10.9. The molecule has 0 radical (unpaired) electrons. The Labute approximate surface area is 85.2 Å². The van der Waals surface area contributed by atoms with Gasteiger partial charge in [0.05, 0.1) is 6.54 Å². The molecule has 1 aromatic rings. The van der Waals surface area contributed by atoms with E-state index in [1.807, 2.05) is 6.07 Å². The molecule has 0 bridgehead atoms. The third kappa shape index (κ3) is 2.50. The van der Waals surface area contributed by atoms with Crippen LogP contribution in [0.3, 0.4) is 0 Å². The summed E-state index contributed by atoms with van der Waals surface area (Å²) < 4.78 is 7.28. The average Bonchev–Trinajstić information content (AvgIpc) is 2.30. The molecule has 0 spiro atoms. The number of hydrogen-bond donors (Lipinski definition) is 1. The first kappa shape index (κ1) is 11.1. The van der Waals surface area contributed by atoms with Gasteiger partial charge in [-0.2, -0.15) is 4.74 Å². The van der Waals surface area contributed by atoms with Crippen molar-refractivity contribution in [3.8, 4) is 0 Å². The van der Waals surface area contributed by atoms with Gasteiger partial charge in [-0.25, -0.2) is 0 Å². The van der Waals surface area contributed by atoms with E-state index in [2.05, 4.69) is 34.6 Å². The van der Waals surface area contributed by atoms with Crippen molar-refractivity contribution in [2.75, 3.05) is 0 Å². The van der Waals surface area contributed by atoms with Crippen LogP contribution >= 0.6 is 0 Å². The molecule has 3 nitrogen and oxygen atoms in total. The smallest absolute Gasteiger partial charge is 0.159 e. The van der Waals surface area contributed by atoms with E-state index in [1.54, 1.807) is 4.74 Å². The van der Waals surface area contributed by atoms with Gasteiger partial charge in [0, 0.05) is 11.5 Å². The molecule has 14 heavy (non-hydrogen) atoms. The summed E-state index contributed by atoms with van der Waals surface area (Å²) in [5, 5.41) is 7.73. The molecule has 0 saturated carbocycles. The van der Waals surface area contributed by atoms with Gasteiger partial charge < -0.3 is 4.52 Å². The first-order chi connectivity index (χ1) is 6.30. The maximum absolute atomic E-state index is 7.73. The minimum Gasteiger partial charge on any atom is -0.382 e. The number of rotatable bonds is 2. The topological polar surface area (TPSA) is 41.9 Å². The van der Waals surface area contributed by atoms with Gasteiger partial charge in [-0.3, -0.25) is 5.41 Å². The highest BCUT2D eigenvalue weighted by Crippen LogP contribution is 2.20. The Kier molecular flexibility index (Phi) is 2.88. The van der Waals surface area contributed by atoms with Crippen LogP contribution in [0.1, 0.15) is 40.4 Å². The zero-order valence-corrected chi connectivity index (χ0v) is 9.72. The summed E-state index contributed by atoms with van der Waals surface area (Å²) in [5.74, 6) is 1.38. The predicted octanol–water partition coefficient (Wildman–Crippen LogP) is 2.51. The fourth-order valence-electron chi connectivity index (χ4n) is 1.21. The second kappa shape index (κ2) is 3.64. The molecule has 0 aliphatic heterocycles. The van der Waals surface area contributed by atoms with Crippen LogP contribution < -0.4 is 5.49 Å². The first-order valence-corrected chi connectivity index (χ1v) is 5.07. The van der Waals surface area contributed by atoms with Crippen LogP contribution in [0.4, 0.5) is 0 Å². The molecule has 1 heterocycles. The van der Waals surface area contributed by atoms with E-state index in [0.717, 1.165) is 12.3 Å². The SMILES string of the molecule is CC(C)Cn1oc(C(C)(C)C)cc1=N. The Hall–Kier alpha value is -0.990. The third-order valence-corrected chi connectivity index (χ3v) is 2.02. The maximum atomic E-state index is 7.73. The summed E-state index contributed by atoms with van der Waals surface area (Å²) in [6.07, 6.45) is 0. The number of hydrogen-bond acceptors (Lipinski definition) is 2. The average molecular weight is 196 g/mol. The molecule has 0 atom stereocenters. The van der Waals surface area contributed by atoms with Crippen molar-refractivity contribution in [1.29, 1.82) is 5.41 Å². The van der Waals surface area contributed by atoms with Crippen LogP contribution in [0.15, 0.2) is 10.6 Å². The lowest BCUT2D eigenvalue weighted by molar-refractivity contribution is 0.198. The zero-order valence-electron chi connectivity index (χ0n) is 9.72. The third-order valence-electron chi connectivity index (χ3n) is 2.02. The van der Waals surface area contributed by atoms with Crippen molar-refractivity contribution in [1.82, 2.24) is 4.74 Å². The summed E-state index contributed by atoms with van der Waals surface area (Å²) in [7, 11) is 0. The molecule has 0 unspecified atom stereocenters. The van der Waals surface area contributed by atoms with Crippen molar-refractivity contribution < 1.29 is 4.52 Å². The fourth-order valence-corrected chi connectivity index (χ4v) is 1.21. The maximum Gasteiger partial charge on any atom is 0.159 e. The number of nitrogens with one attached hydrogen (secondary N) is 1. The minimum atomic E-state index is -0.0158. The van der Waals surface area contributed by atoms with Gasteiger partial charge in [-0.05, 0) is 5.92 Å². The normalized spacial score (nSPS) is 12.4. The van der Waals surface area contributed by atoms with Crippen LogP contribution in [0.5, 0.6) is 0 Å². The van der Waals surface area contributed by atoms with Crippen LogP contribution in [0, 0.1) is 11.3 Å². The summed E-state index contributed by atoms with van der Waals surface area (Å²) in [4.78, 5) is 0. The second-order valence-electron chi connectivity index (χ2n) is 5.19. The molecular formula is C11H20N2O. The van der Waals surface area contributed by atoms with Crippen molar-refractivity contribution in [3.05, 3.63) is 17.3 Å². The molecule has 3 heteroatoms. The second-order valence-corrected chi connectivity index (χ2v) is 5.19. The van der Waals surface area contributed by atoms with Gasteiger partial charge in [-0.1, -0.05) is 34.6 Å². The molecule has 80 valence electrons. The van der Waals surface area contributed by atoms with Gasteiger partial charge in [-0.15, -0.1) is 0 Å². The lowest BCUT2D eigenvalue weighted by atomic mass is 9.94. The molecule has 1 aromatic heterocycles. The van der Waals surface area contributed by atoms with Crippen molar-refractivity contribution in [2.45, 2.75) is 46.6 Å². The molecule has 0 fully saturated rings. The van der Waals surface area contributed by atoms with E-state index < -0.39 is 0 Å². The van der Waals surface area contributed by atoms with Crippen LogP contribution in [0.25, 0.3) is 0 Å². The molecule has 0 saturated heterocycles. The largest absolute Gasteiger partial charge is 0.382 e. The molecule has 0 aliphatic carbocycles. The van der Waals surface area contributed by atoms with Crippen LogP contribution in [-0.4, -0.2) is 4.74 Å². The molecule has 0 aliphatic rings. The van der Waals surface area contributed by atoms with Gasteiger partial charge in [0.15, 0.2) is 5.49 Å². The van der Waals surface area contributed by atoms with Crippen molar-refractivity contribution in [3.63, 3.8) is 0 Å². The number of aromatic nitrogens is 1. The highest BCUT2D eigenvalue weighted by Gasteiger charge is 2.19. The van der Waals surface area contributed by atoms with Crippen molar-refractivity contribution >= 4 is 0 Å². The van der Waals surface area contributed by atoms with Gasteiger partial charge in [0.2, 0.25) is 0 Å². The van der Waals surface area contributed by atoms with Crippen LogP contribution in [-0.2, 0) is 12.0 Å². The Balaban J connectivity index is 3.00. The lowest BCUT2D eigenvalue weighted by Gasteiger charge is -2.13. The summed E-state index contributed by atoms with van der Waals surface area (Å²) >= 11 is 0. The Morgan fingerprint density at radius 3 is 2.36 bits per heavy atom. The Morgan fingerprint density at radius 1 is 1.43 bits per heavy atom. The van der Waals surface area contributed by atoms with Gasteiger partial charge >= 0.3 is 0 Å². The summed E-state index contributed by atoms with van der Waals surface area (Å²) in [6, 6.07) is 1.81. The highest BCUT2D eigenvalue weighted by molar-refractivity contribution is 5.05. The first-order valence-electron chi connectivity index (χ1n) is 5.07. The van der Waals surface area contributed by atoms with E-state index in [1.165, 1.54) is 0 Å². The molecule has 1 N–H and O–H groups in total. The van der Waals surface area contributed by atoms with E-state index in [-0.39, 0.29) is 5.41 Å². The Morgan fingerprint density at radius 2 is 2.00 bits per heavy atom. The minimum absolute atomic E-state index is 0.0158. The number of nitrogens with zero attached hydrogens (tertiary/aromatic N) is 1. The van der Waals surface area contributed by atoms with Gasteiger partial charge in [0.25, 0.3) is 0 Å².